The number of ether oxygens (including phenoxy) is 1. The van der Waals surface area contributed by atoms with Crippen LogP contribution in [0.5, 0.6) is 0 Å². The lowest BCUT2D eigenvalue weighted by Crippen LogP contribution is -2.56. The maximum atomic E-state index is 11.6. The van der Waals surface area contributed by atoms with Crippen molar-refractivity contribution in [1.82, 2.24) is 4.90 Å². The van der Waals surface area contributed by atoms with Gasteiger partial charge in [-0.2, -0.15) is 0 Å². The molecule has 1 saturated heterocycles. The van der Waals surface area contributed by atoms with Gasteiger partial charge in [0.1, 0.15) is 5.54 Å². The van der Waals surface area contributed by atoms with E-state index in [9.17, 15) is 9.00 Å². The second-order valence-corrected chi connectivity index (χ2v) is 5.96. The minimum absolute atomic E-state index is 0.343. The molecule has 16 heavy (non-hydrogen) atoms. The van der Waals surface area contributed by atoms with Gasteiger partial charge in [0.25, 0.3) is 0 Å². The Bertz CT molecular complexity index is 271. The Morgan fingerprint density at radius 3 is 2.56 bits per heavy atom. The Kier molecular flexibility index (Phi) is 4.89. The summed E-state index contributed by atoms with van der Waals surface area (Å²) in [5, 5.41) is 0. The summed E-state index contributed by atoms with van der Waals surface area (Å²) >= 11 is 0. The van der Waals surface area contributed by atoms with Crippen molar-refractivity contribution in [3.05, 3.63) is 0 Å². The van der Waals surface area contributed by atoms with Crippen LogP contribution in [0.25, 0.3) is 0 Å². The molecule has 1 aliphatic heterocycles. The zero-order valence-corrected chi connectivity index (χ0v) is 10.7. The molecule has 0 aromatic rings. The first kappa shape index (κ1) is 13.6. The summed E-state index contributed by atoms with van der Waals surface area (Å²) in [7, 11) is -0.702. The zero-order chi connectivity index (χ0) is 12.2. The molecule has 0 aromatic heterocycles. The lowest BCUT2D eigenvalue weighted by atomic mass is 10.0. The molecule has 1 aliphatic rings. The zero-order valence-electron chi connectivity index (χ0n) is 9.90. The molecule has 0 spiro atoms. The summed E-state index contributed by atoms with van der Waals surface area (Å²) in [5.41, 5.74) is 4.94. The van der Waals surface area contributed by atoms with Crippen LogP contribution >= 0.6 is 0 Å². The molecule has 0 aromatic carbocycles. The quantitative estimate of drug-likeness (QED) is 0.668. The predicted octanol–water partition coefficient (Wildman–Crippen LogP) is -0.669. The van der Waals surface area contributed by atoms with E-state index in [0.717, 1.165) is 13.1 Å². The van der Waals surface area contributed by atoms with Crippen LogP contribution in [0.1, 0.15) is 13.8 Å². The van der Waals surface area contributed by atoms with Crippen molar-refractivity contribution in [2.75, 3.05) is 37.7 Å². The average Bonchev–Trinajstić information content (AvgIpc) is 2.21. The number of rotatable bonds is 4. The first-order valence-corrected chi connectivity index (χ1v) is 6.98. The highest BCUT2D eigenvalue weighted by Crippen LogP contribution is 2.09. The normalized spacial score (nSPS) is 22.7. The van der Waals surface area contributed by atoms with Gasteiger partial charge >= 0.3 is 5.97 Å². The van der Waals surface area contributed by atoms with Crippen LogP contribution < -0.4 is 5.73 Å². The van der Waals surface area contributed by atoms with E-state index in [1.165, 1.54) is 0 Å². The van der Waals surface area contributed by atoms with E-state index >= 15 is 0 Å². The van der Waals surface area contributed by atoms with E-state index in [1.54, 1.807) is 13.8 Å². The summed E-state index contributed by atoms with van der Waals surface area (Å²) < 4.78 is 16.1. The van der Waals surface area contributed by atoms with Crippen molar-refractivity contribution in [3.8, 4) is 0 Å². The Labute approximate surface area is 98.8 Å². The third-order valence-electron chi connectivity index (χ3n) is 2.56. The van der Waals surface area contributed by atoms with Gasteiger partial charge in [0.05, 0.1) is 6.61 Å². The monoisotopic (exact) mass is 248 g/mol. The molecule has 1 unspecified atom stereocenters. The summed E-state index contributed by atoms with van der Waals surface area (Å²) in [4.78, 5) is 13.6. The molecule has 94 valence electrons. The van der Waals surface area contributed by atoms with E-state index in [4.69, 9.17) is 10.5 Å². The van der Waals surface area contributed by atoms with Gasteiger partial charge in [0, 0.05) is 41.9 Å². The molecule has 5 nitrogen and oxygen atoms in total. The van der Waals surface area contributed by atoms with Gasteiger partial charge in [0.15, 0.2) is 0 Å². The number of hydrogen-bond donors (Lipinski definition) is 1. The second kappa shape index (κ2) is 5.75. The van der Waals surface area contributed by atoms with Crippen LogP contribution in [0.15, 0.2) is 0 Å². The van der Waals surface area contributed by atoms with Crippen LogP contribution in [0.2, 0.25) is 0 Å². The van der Waals surface area contributed by atoms with E-state index in [1.807, 2.05) is 0 Å². The summed E-state index contributed by atoms with van der Waals surface area (Å²) in [6, 6.07) is 0. The van der Waals surface area contributed by atoms with Crippen molar-refractivity contribution in [1.29, 1.82) is 0 Å². The fraction of sp³-hybridized carbons (Fsp3) is 0.900. The minimum atomic E-state index is -0.977. The van der Waals surface area contributed by atoms with E-state index < -0.39 is 16.3 Å². The topological polar surface area (TPSA) is 72.6 Å². The highest BCUT2D eigenvalue weighted by Gasteiger charge is 2.33. The van der Waals surface area contributed by atoms with Gasteiger partial charge in [-0.1, -0.05) is 0 Å². The SMILES string of the molecule is CCOC(=O)C(C)(N)CN1CCS(=O)CC1. The largest absolute Gasteiger partial charge is 0.465 e. The third-order valence-corrected chi connectivity index (χ3v) is 3.84. The molecular weight excluding hydrogens is 228 g/mol. The highest BCUT2D eigenvalue weighted by atomic mass is 32.2. The molecule has 0 amide bonds. The first-order chi connectivity index (χ1) is 7.45. The Balaban J connectivity index is 2.45. The van der Waals surface area contributed by atoms with Crippen molar-refractivity contribution in [2.45, 2.75) is 19.4 Å². The highest BCUT2D eigenvalue weighted by molar-refractivity contribution is 7.85. The Hall–Kier alpha value is -0.460. The fourth-order valence-electron chi connectivity index (χ4n) is 1.66. The Morgan fingerprint density at radius 2 is 2.06 bits per heavy atom. The summed E-state index contributed by atoms with van der Waals surface area (Å²) in [6.45, 7) is 5.71. The van der Waals surface area contributed by atoms with E-state index in [2.05, 4.69) is 4.90 Å². The van der Waals surface area contributed by atoms with Gasteiger partial charge in [-0.25, -0.2) is 0 Å². The van der Waals surface area contributed by atoms with Crippen molar-refractivity contribution >= 4 is 16.8 Å². The van der Waals surface area contributed by atoms with Gasteiger partial charge in [-0.05, 0) is 13.8 Å². The molecule has 1 fully saturated rings. The molecular formula is C10H20N2O3S. The third kappa shape index (κ3) is 3.84. The number of carbonyl (C=O) groups is 1. The van der Waals surface area contributed by atoms with E-state index in [0.29, 0.717) is 24.7 Å². The molecule has 0 bridgehead atoms. The minimum Gasteiger partial charge on any atom is -0.465 e. The van der Waals surface area contributed by atoms with E-state index in [-0.39, 0.29) is 5.97 Å². The molecule has 6 heteroatoms. The number of nitrogens with zero attached hydrogens (tertiary/aromatic N) is 1. The van der Waals surface area contributed by atoms with Crippen LogP contribution in [-0.2, 0) is 20.3 Å². The van der Waals surface area contributed by atoms with Crippen molar-refractivity contribution in [3.63, 3.8) is 0 Å². The smallest absolute Gasteiger partial charge is 0.327 e. The van der Waals surface area contributed by atoms with Gasteiger partial charge < -0.3 is 10.5 Å². The van der Waals surface area contributed by atoms with Crippen LogP contribution in [0.4, 0.5) is 0 Å². The molecule has 1 atom stereocenters. The molecule has 0 radical (unpaired) electrons. The molecule has 0 aliphatic carbocycles. The lowest BCUT2D eigenvalue weighted by molar-refractivity contribution is -0.149. The number of nitrogens with two attached hydrogens (primary N) is 1. The molecule has 1 heterocycles. The van der Waals surface area contributed by atoms with Gasteiger partial charge in [-0.15, -0.1) is 0 Å². The summed E-state index contributed by atoms with van der Waals surface area (Å²) in [6.07, 6.45) is 0. The Morgan fingerprint density at radius 1 is 1.50 bits per heavy atom. The average molecular weight is 248 g/mol. The first-order valence-electron chi connectivity index (χ1n) is 5.49. The summed E-state index contributed by atoms with van der Waals surface area (Å²) in [5.74, 6) is 0.958. The van der Waals surface area contributed by atoms with Crippen LogP contribution in [0, 0.1) is 0 Å². The standard InChI is InChI=1S/C10H20N2O3S/c1-3-15-9(13)10(2,11)8-12-4-6-16(14)7-5-12/h3-8,11H2,1-2H3. The fourth-order valence-corrected chi connectivity index (χ4v) is 2.79. The maximum absolute atomic E-state index is 11.6. The lowest BCUT2D eigenvalue weighted by Gasteiger charge is -2.32. The van der Waals surface area contributed by atoms with Crippen molar-refractivity contribution in [2.24, 2.45) is 5.73 Å². The predicted molar refractivity (Wildman–Crippen MR) is 63.5 cm³/mol. The second-order valence-electron chi connectivity index (χ2n) is 4.26. The maximum Gasteiger partial charge on any atom is 0.327 e. The molecule has 0 saturated carbocycles. The number of esters is 1. The van der Waals surface area contributed by atoms with Crippen LogP contribution in [-0.4, -0.2) is 58.4 Å². The van der Waals surface area contributed by atoms with Gasteiger partial charge in [-0.3, -0.25) is 13.9 Å². The van der Waals surface area contributed by atoms with Gasteiger partial charge in [0.2, 0.25) is 0 Å². The molecule has 1 rings (SSSR count). The number of hydrogen-bond acceptors (Lipinski definition) is 5. The van der Waals surface area contributed by atoms with Crippen molar-refractivity contribution < 1.29 is 13.7 Å². The number of carbonyl (C=O) groups excluding carboxylic acids is 1. The molecule has 2 N–H and O–H groups in total. The van der Waals surface area contributed by atoms with Crippen LogP contribution in [0.3, 0.4) is 0 Å².